The zero-order valence-electron chi connectivity index (χ0n) is 16.0. The van der Waals surface area contributed by atoms with E-state index in [0.717, 1.165) is 65.4 Å². The van der Waals surface area contributed by atoms with Crippen LogP contribution in [0.5, 0.6) is 0 Å². The highest BCUT2D eigenvalue weighted by molar-refractivity contribution is 5.95. The molecule has 4 nitrogen and oxygen atoms in total. The molecule has 2 aliphatic rings. The summed E-state index contributed by atoms with van der Waals surface area (Å²) in [6.07, 6.45) is 6.35. The van der Waals surface area contributed by atoms with Gasteiger partial charge in [0.15, 0.2) is 0 Å². The van der Waals surface area contributed by atoms with Crippen molar-refractivity contribution in [2.24, 2.45) is 0 Å². The van der Waals surface area contributed by atoms with Crippen molar-refractivity contribution in [2.45, 2.75) is 32.6 Å². The lowest BCUT2D eigenvalue weighted by molar-refractivity contribution is 0.551. The minimum absolute atomic E-state index is 0.232. The van der Waals surface area contributed by atoms with Gasteiger partial charge < -0.3 is 14.3 Å². The number of hydrogen-bond donors (Lipinski definition) is 1. The van der Waals surface area contributed by atoms with E-state index in [4.69, 9.17) is 4.42 Å². The molecule has 6 rings (SSSR count). The van der Waals surface area contributed by atoms with Gasteiger partial charge in [0.05, 0.1) is 5.56 Å². The predicted octanol–water partition coefficient (Wildman–Crippen LogP) is 4.95. The van der Waals surface area contributed by atoms with Gasteiger partial charge in [-0.1, -0.05) is 6.07 Å². The molecule has 4 heteroatoms. The molecule has 2 aromatic heterocycles. The average molecular weight is 370 g/mol. The number of aromatic amines is 1. The Labute approximate surface area is 162 Å². The van der Waals surface area contributed by atoms with Crippen LogP contribution in [-0.4, -0.2) is 18.1 Å². The summed E-state index contributed by atoms with van der Waals surface area (Å²) < 4.78 is 6.00. The minimum Gasteiger partial charge on any atom is -0.422 e. The van der Waals surface area contributed by atoms with Crippen LogP contribution in [0.3, 0.4) is 0 Å². The third-order valence-electron chi connectivity index (χ3n) is 6.49. The molecule has 0 fully saturated rings. The van der Waals surface area contributed by atoms with Crippen LogP contribution in [0.15, 0.2) is 45.7 Å². The van der Waals surface area contributed by atoms with Gasteiger partial charge in [0.1, 0.15) is 5.58 Å². The van der Waals surface area contributed by atoms with Crippen molar-refractivity contribution in [3.05, 3.63) is 63.6 Å². The molecule has 2 aliphatic heterocycles. The van der Waals surface area contributed by atoms with Gasteiger partial charge in [0.2, 0.25) is 0 Å². The number of H-pyrrole nitrogens is 1. The second kappa shape index (κ2) is 5.74. The first-order valence-electron chi connectivity index (χ1n) is 10.2. The number of aryl methyl sites for hydroxylation is 3. The summed E-state index contributed by atoms with van der Waals surface area (Å²) >= 11 is 0. The molecule has 0 atom stereocenters. The maximum Gasteiger partial charge on any atom is 0.344 e. The lowest BCUT2D eigenvalue weighted by Crippen LogP contribution is -2.34. The Morgan fingerprint density at radius 3 is 2.82 bits per heavy atom. The highest BCUT2D eigenvalue weighted by Crippen LogP contribution is 2.41. The van der Waals surface area contributed by atoms with Crippen molar-refractivity contribution in [3.63, 3.8) is 0 Å². The quantitative estimate of drug-likeness (QED) is 0.482. The highest BCUT2D eigenvalue weighted by atomic mass is 16.4. The molecule has 0 radical (unpaired) electrons. The van der Waals surface area contributed by atoms with Crippen LogP contribution in [0.1, 0.15) is 29.5 Å². The normalized spacial score (nSPS) is 16.0. The number of hydrogen-bond acceptors (Lipinski definition) is 3. The summed E-state index contributed by atoms with van der Waals surface area (Å²) in [7, 11) is 0. The van der Waals surface area contributed by atoms with E-state index in [-0.39, 0.29) is 5.63 Å². The number of nitrogens with one attached hydrogen (secondary N) is 1. The lowest BCUT2D eigenvalue weighted by Gasteiger charge is -2.37. The monoisotopic (exact) mass is 370 g/mol. The molecule has 4 aromatic rings. The number of nitrogens with zero attached hydrogens (tertiary/aromatic N) is 1. The molecule has 0 aliphatic carbocycles. The van der Waals surface area contributed by atoms with Crippen LogP contribution < -0.4 is 10.5 Å². The van der Waals surface area contributed by atoms with E-state index in [9.17, 15) is 4.79 Å². The van der Waals surface area contributed by atoms with Crippen LogP contribution in [0, 0.1) is 6.92 Å². The molecule has 4 heterocycles. The summed E-state index contributed by atoms with van der Waals surface area (Å²) in [5, 5.41) is 2.20. The van der Waals surface area contributed by atoms with Crippen LogP contribution in [0.25, 0.3) is 33.0 Å². The number of anilines is 1. The zero-order chi connectivity index (χ0) is 18.8. The molecule has 28 heavy (non-hydrogen) atoms. The average Bonchev–Trinajstić information content (AvgIpc) is 3.17. The van der Waals surface area contributed by atoms with Crippen molar-refractivity contribution < 1.29 is 4.42 Å². The standard InChI is InChI=1S/C24H22N2O2/c1-14-19-13-17-4-2-10-26-11-3-5-18(22(17)26)23(19)28-24(27)21(14)16-6-7-20-15(12-16)8-9-25-20/h6-9,12-13,25H,2-5,10-11H2,1H3. The van der Waals surface area contributed by atoms with Gasteiger partial charge in [-0.15, -0.1) is 0 Å². The molecule has 1 N–H and O–H groups in total. The van der Waals surface area contributed by atoms with Crippen LogP contribution >= 0.6 is 0 Å². The molecular formula is C24H22N2O2. The van der Waals surface area contributed by atoms with E-state index >= 15 is 0 Å². The van der Waals surface area contributed by atoms with Gasteiger partial charge in [-0.2, -0.15) is 0 Å². The molecule has 0 unspecified atom stereocenters. The Morgan fingerprint density at radius 2 is 1.93 bits per heavy atom. The van der Waals surface area contributed by atoms with E-state index < -0.39 is 0 Å². The molecule has 0 saturated carbocycles. The second-order valence-electron chi connectivity index (χ2n) is 8.10. The van der Waals surface area contributed by atoms with E-state index in [1.807, 2.05) is 24.4 Å². The third-order valence-corrected chi connectivity index (χ3v) is 6.49. The second-order valence-corrected chi connectivity index (χ2v) is 8.10. The Balaban J connectivity index is 1.66. The number of fused-ring (bicyclic) bond motifs is 3. The number of rotatable bonds is 1. The summed E-state index contributed by atoms with van der Waals surface area (Å²) in [4.78, 5) is 18.8. The van der Waals surface area contributed by atoms with Crippen LogP contribution in [-0.2, 0) is 12.8 Å². The molecule has 0 bridgehead atoms. The fourth-order valence-electron chi connectivity index (χ4n) is 5.20. The molecular weight excluding hydrogens is 348 g/mol. The first-order chi connectivity index (χ1) is 13.7. The van der Waals surface area contributed by atoms with Crippen molar-refractivity contribution in [2.75, 3.05) is 18.0 Å². The maximum absolute atomic E-state index is 13.1. The molecule has 140 valence electrons. The predicted molar refractivity (Wildman–Crippen MR) is 113 cm³/mol. The molecule has 0 spiro atoms. The summed E-state index contributed by atoms with van der Waals surface area (Å²) in [6, 6.07) is 10.4. The van der Waals surface area contributed by atoms with Crippen molar-refractivity contribution in [1.82, 2.24) is 4.98 Å². The van der Waals surface area contributed by atoms with Crippen molar-refractivity contribution in [3.8, 4) is 11.1 Å². The number of benzene rings is 2. The van der Waals surface area contributed by atoms with E-state index in [2.05, 4.69) is 28.9 Å². The van der Waals surface area contributed by atoms with Gasteiger partial charge in [-0.05, 0) is 78.9 Å². The SMILES string of the molecule is Cc1c(-c2ccc3[nH]ccc3c2)c(=O)oc2c3c4c(cc12)CCCN4CCC3. The Bertz CT molecular complexity index is 1310. The largest absolute Gasteiger partial charge is 0.422 e. The summed E-state index contributed by atoms with van der Waals surface area (Å²) in [5.41, 5.74) is 8.29. The lowest BCUT2D eigenvalue weighted by atomic mass is 9.88. The van der Waals surface area contributed by atoms with Crippen molar-refractivity contribution in [1.29, 1.82) is 0 Å². The fraction of sp³-hybridized carbons (Fsp3) is 0.292. The maximum atomic E-state index is 13.1. The van der Waals surface area contributed by atoms with Crippen molar-refractivity contribution >= 4 is 27.6 Å². The smallest absolute Gasteiger partial charge is 0.344 e. The molecule has 2 aromatic carbocycles. The van der Waals surface area contributed by atoms with Gasteiger partial charge in [-0.25, -0.2) is 4.79 Å². The highest BCUT2D eigenvalue weighted by Gasteiger charge is 2.28. The topological polar surface area (TPSA) is 49.2 Å². The zero-order valence-corrected chi connectivity index (χ0v) is 16.0. The van der Waals surface area contributed by atoms with E-state index in [0.29, 0.717) is 5.56 Å². The summed E-state index contributed by atoms with van der Waals surface area (Å²) in [5.74, 6) is 0. The van der Waals surface area contributed by atoms with Gasteiger partial charge in [0.25, 0.3) is 0 Å². The van der Waals surface area contributed by atoms with E-state index in [1.54, 1.807) is 0 Å². The fourth-order valence-corrected chi connectivity index (χ4v) is 5.20. The van der Waals surface area contributed by atoms with Gasteiger partial charge in [0, 0.05) is 41.4 Å². The first-order valence-corrected chi connectivity index (χ1v) is 10.2. The molecule has 0 saturated heterocycles. The number of aromatic nitrogens is 1. The molecule has 0 amide bonds. The van der Waals surface area contributed by atoms with E-state index in [1.165, 1.54) is 23.2 Å². The Hall–Kier alpha value is -3.01. The van der Waals surface area contributed by atoms with Gasteiger partial charge >= 0.3 is 5.63 Å². The van der Waals surface area contributed by atoms with Gasteiger partial charge in [-0.3, -0.25) is 0 Å². The first kappa shape index (κ1) is 16.0. The minimum atomic E-state index is -0.232. The Morgan fingerprint density at radius 1 is 1.07 bits per heavy atom. The van der Waals surface area contributed by atoms with Crippen LogP contribution in [0.4, 0.5) is 5.69 Å². The third kappa shape index (κ3) is 2.15. The summed E-state index contributed by atoms with van der Waals surface area (Å²) in [6.45, 7) is 4.30. The Kier molecular flexibility index (Phi) is 3.28. The van der Waals surface area contributed by atoms with Crippen LogP contribution in [0.2, 0.25) is 0 Å².